The number of rotatable bonds is 4. The van der Waals surface area contributed by atoms with Gasteiger partial charge in [-0.2, -0.15) is 0 Å². The number of nitrogens with one attached hydrogen (secondary N) is 2. The number of hydrogen-bond donors (Lipinski definition) is 3. The highest BCUT2D eigenvalue weighted by Crippen LogP contribution is 2.14. The van der Waals surface area contributed by atoms with Crippen molar-refractivity contribution in [1.82, 2.24) is 9.97 Å². The second kappa shape index (κ2) is 4.65. The SMILES string of the molecule is CCc1nc(NC(C)(C)C(C)N)cc(=O)[nH]1. The van der Waals surface area contributed by atoms with E-state index in [0.29, 0.717) is 18.1 Å². The van der Waals surface area contributed by atoms with Gasteiger partial charge in [0.25, 0.3) is 5.56 Å². The number of hydrogen-bond acceptors (Lipinski definition) is 4. The average molecular weight is 224 g/mol. The van der Waals surface area contributed by atoms with E-state index >= 15 is 0 Å². The molecule has 0 aromatic carbocycles. The van der Waals surface area contributed by atoms with Crippen LogP contribution in [0.4, 0.5) is 5.82 Å². The first-order valence-corrected chi connectivity index (χ1v) is 5.49. The Morgan fingerprint density at radius 2 is 2.25 bits per heavy atom. The van der Waals surface area contributed by atoms with Crippen LogP contribution in [0.25, 0.3) is 0 Å². The van der Waals surface area contributed by atoms with Gasteiger partial charge in [0.1, 0.15) is 11.6 Å². The molecule has 5 heteroatoms. The van der Waals surface area contributed by atoms with Crippen LogP contribution < -0.4 is 16.6 Å². The smallest absolute Gasteiger partial charge is 0.252 e. The molecule has 4 N–H and O–H groups in total. The van der Waals surface area contributed by atoms with Gasteiger partial charge in [-0.05, 0) is 20.8 Å². The molecule has 1 heterocycles. The van der Waals surface area contributed by atoms with E-state index in [1.807, 2.05) is 27.7 Å². The standard InChI is InChI=1S/C11H20N4O/c1-5-8-13-9(6-10(16)14-8)15-11(3,4)7(2)12/h6-7H,5,12H2,1-4H3,(H2,13,14,15,16). The molecular weight excluding hydrogens is 204 g/mol. The predicted octanol–water partition coefficient (Wildman–Crippen LogP) is 0.870. The topological polar surface area (TPSA) is 83.8 Å². The minimum atomic E-state index is -0.300. The number of anilines is 1. The molecule has 0 spiro atoms. The zero-order valence-electron chi connectivity index (χ0n) is 10.3. The Hall–Kier alpha value is -1.36. The van der Waals surface area contributed by atoms with Gasteiger partial charge in [0.15, 0.2) is 0 Å². The minimum Gasteiger partial charge on any atom is -0.363 e. The summed E-state index contributed by atoms with van der Waals surface area (Å²) in [5.41, 5.74) is 5.41. The molecule has 1 rings (SSSR count). The fraction of sp³-hybridized carbons (Fsp3) is 0.636. The third kappa shape index (κ3) is 3.06. The molecular formula is C11H20N4O. The van der Waals surface area contributed by atoms with Crippen LogP contribution in [-0.4, -0.2) is 21.5 Å². The molecule has 0 bridgehead atoms. The van der Waals surface area contributed by atoms with Crippen LogP contribution in [-0.2, 0) is 6.42 Å². The van der Waals surface area contributed by atoms with Crippen LogP contribution in [0, 0.1) is 0 Å². The summed E-state index contributed by atoms with van der Waals surface area (Å²) in [6, 6.07) is 1.40. The zero-order valence-corrected chi connectivity index (χ0v) is 10.3. The number of aryl methyl sites for hydroxylation is 1. The van der Waals surface area contributed by atoms with Gasteiger partial charge < -0.3 is 16.0 Å². The van der Waals surface area contributed by atoms with Crippen LogP contribution in [0.5, 0.6) is 0 Å². The van der Waals surface area contributed by atoms with Crippen molar-refractivity contribution < 1.29 is 0 Å². The van der Waals surface area contributed by atoms with Crippen molar-refractivity contribution in [2.75, 3.05) is 5.32 Å². The highest BCUT2D eigenvalue weighted by molar-refractivity contribution is 5.36. The Labute approximate surface area is 95.5 Å². The van der Waals surface area contributed by atoms with Crippen molar-refractivity contribution in [3.63, 3.8) is 0 Å². The van der Waals surface area contributed by atoms with Gasteiger partial charge in [-0.3, -0.25) is 4.79 Å². The maximum absolute atomic E-state index is 11.4. The van der Waals surface area contributed by atoms with Gasteiger partial charge in [-0.15, -0.1) is 0 Å². The molecule has 0 aliphatic heterocycles. The normalized spacial score (nSPS) is 13.6. The summed E-state index contributed by atoms with van der Waals surface area (Å²) in [6.07, 6.45) is 0.698. The van der Waals surface area contributed by atoms with Gasteiger partial charge in [0.05, 0.1) is 0 Å². The van der Waals surface area contributed by atoms with E-state index < -0.39 is 0 Å². The molecule has 0 aliphatic carbocycles. The first-order valence-electron chi connectivity index (χ1n) is 5.49. The van der Waals surface area contributed by atoms with Crippen molar-refractivity contribution in [3.05, 3.63) is 22.2 Å². The molecule has 1 aromatic rings. The van der Waals surface area contributed by atoms with Gasteiger partial charge in [0, 0.05) is 24.1 Å². The van der Waals surface area contributed by atoms with Crippen LogP contribution >= 0.6 is 0 Å². The molecule has 1 unspecified atom stereocenters. The van der Waals surface area contributed by atoms with Crippen LogP contribution in [0.2, 0.25) is 0 Å². The van der Waals surface area contributed by atoms with Crippen molar-refractivity contribution in [3.8, 4) is 0 Å². The Kier molecular flexibility index (Phi) is 3.70. The lowest BCUT2D eigenvalue weighted by molar-refractivity contribution is 0.468. The summed E-state index contributed by atoms with van der Waals surface area (Å²) >= 11 is 0. The Balaban J connectivity index is 2.97. The summed E-state index contributed by atoms with van der Waals surface area (Å²) in [6.45, 7) is 7.82. The zero-order chi connectivity index (χ0) is 12.3. The van der Waals surface area contributed by atoms with Crippen LogP contribution in [0.15, 0.2) is 10.9 Å². The molecule has 1 atom stereocenters. The third-order valence-electron chi connectivity index (χ3n) is 2.71. The molecule has 1 aromatic heterocycles. The number of nitrogens with two attached hydrogens (primary N) is 1. The largest absolute Gasteiger partial charge is 0.363 e. The number of aromatic amines is 1. The van der Waals surface area contributed by atoms with Gasteiger partial charge in [-0.25, -0.2) is 4.98 Å². The van der Waals surface area contributed by atoms with Crippen molar-refractivity contribution in [2.45, 2.75) is 45.7 Å². The molecule has 0 saturated heterocycles. The highest BCUT2D eigenvalue weighted by atomic mass is 16.1. The molecule has 90 valence electrons. The lowest BCUT2D eigenvalue weighted by atomic mass is 9.97. The maximum atomic E-state index is 11.4. The van der Waals surface area contributed by atoms with Crippen LogP contribution in [0.1, 0.15) is 33.5 Å². The molecule has 0 amide bonds. The van der Waals surface area contributed by atoms with E-state index in [1.165, 1.54) is 6.07 Å². The Bertz CT molecular complexity index is 409. The molecule has 5 nitrogen and oxygen atoms in total. The van der Waals surface area contributed by atoms with E-state index in [2.05, 4.69) is 15.3 Å². The Morgan fingerprint density at radius 3 is 2.75 bits per heavy atom. The minimum absolute atomic E-state index is 0.0429. The number of nitrogens with zero attached hydrogens (tertiary/aromatic N) is 1. The predicted molar refractivity (Wildman–Crippen MR) is 65.6 cm³/mol. The molecule has 0 fully saturated rings. The second-order valence-electron chi connectivity index (χ2n) is 4.57. The highest BCUT2D eigenvalue weighted by Gasteiger charge is 2.23. The number of H-pyrrole nitrogens is 1. The van der Waals surface area contributed by atoms with Crippen LogP contribution in [0.3, 0.4) is 0 Å². The summed E-state index contributed by atoms with van der Waals surface area (Å²) in [4.78, 5) is 18.3. The van der Waals surface area contributed by atoms with Gasteiger partial charge in [0.2, 0.25) is 0 Å². The van der Waals surface area contributed by atoms with E-state index in [0.717, 1.165) is 0 Å². The Morgan fingerprint density at radius 1 is 1.62 bits per heavy atom. The van der Waals surface area contributed by atoms with E-state index in [1.54, 1.807) is 0 Å². The van der Waals surface area contributed by atoms with E-state index in [-0.39, 0.29) is 17.1 Å². The number of aromatic nitrogens is 2. The molecule has 0 radical (unpaired) electrons. The van der Waals surface area contributed by atoms with E-state index in [4.69, 9.17) is 5.73 Å². The summed E-state index contributed by atoms with van der Waals surface area (Å²) in [5.74, 6) is 1.25. The maximum Gasteiger partial charge on any atom is 0.252 e. The average Bonchev–Trinajstić information content (AvgIpc) is 2.15. The molecule has 16 heavy (non-hydrogen) atoms. The first-order chi connectivity index (χ1) is 7.35. The summed E-state index contributed by atoms with van der Waals surface area (Å²) < 4.78 is 0. The van der Waals surface area contributed by atoms with Gasteiger partial charge >= 0.3 is 0 Å². The molecule has 0 aliphatic rings. The summed E-state index contributed by atoms with van der Waals surface area (Å²) in [7, 11) is 0. The fourth-order valence-corrected chi connectivity index (χ4v) is 1.18. The fourth-order valence-electron chi connectivity index (χ4n) is 1.18. The van der Waals surface area contributed by atoms with Gasteiger partial charge in [-0.1, -0.05) is 6.92 Å². The first kappa shape index (κ1) is 12.7. The summed E-state index contributed by atoms with van der Waals surface area (Å²) in [5, 5.41) is 3.18. The second-order valence-corrected chi connectivity index (χ2v) is 4.57. The molecule has 0 saturated carbocycles. The van der Waals surface area contributed by atoms with Crippen molar-refractivity contribution in [2.24, 2.45) is 5.73 Å². The van der Waals surface area contributed by atoms with Crippen molar-refractivity contribution >= 4 is 5.82 Å². The lowest BCUT2D eigenvalue weighted by Crippen LogP contribution is -2.47. The van der Waals surface area contributed by atoms with E-state index in [9.17, 15) is 4.79 Å². The third-order valence-corrected chi connectivity index (χ3v) is 2.71. The quantitative estimate of drug-likeness (QED) is 0.708. The van der Waals surface area contributed by atoms with Crippen molar-refractivity contribution in [1.29, 1.82) is 0 Å². The monoisotopic (exact) mass is 224 g/mol. The lowest BCUT2D eigenvalue weighted by Gasteiger charge is -2.30.